The third kappa shape index (κ3) is 1.82. The maximum absolute atomic E-state index is 10.6. The Morgan fingerprint density at radius 1 is 1.50 bits per heavy atom. The maximum atomic E-state index is 10.6. The minimum Gasteiger partial charge on any atom is -0.393 e. The number of nitrogens with two attached hydrogens (primary N) is 1. The molecule has 1 heterocycles. The van der Waals surface area contributed by atoms with E-state index in [1.165, 1.54) is 23.0 Å². The third-order valence-corrected chi connectivity index (χ3v) is 2.22. The van der Waals surface area contributed by atoms with Crippen LogP contribution in [0, 0.1) is 10.1 Å². The first-order valence-electron chi connectivity index (χ1n) is 4.32. The fourth-order valence-corrected chi connectivity index (χ4v) is 1.43. The maximum Gasteiger partial charge on any atom is 0.292 e. The lowest BCUT2D eigenvalue weighted by molar-refractivity contribution is -0.383. The van der Waals surface area contributed by atoms with Crippen molar-refractivity contribution in [2.24, 2.45) is 0 Å². The molecule has 0 fully saturated rings. The van der Waals surface area contributed by atoms with Crippen molar-refractivity contribution in [3.8, 4) is 5.69 Å². The Kier molecular flexibility index (Phi) is 2.49. The van der Waals surface area contributed by atoms with Crippen molar-refractivity contribution in [1.82, 2.24) is 9.78 Å². The normalized spacial score (nSPS) is 10.3. The topological polar surface area (TPSA) is 87.0 Å². The Hall–Kier alpha value is -2.08. The molecule has 0 radical (unpaired) electrons. The van der Waals surface area contributed by atoms with Crippen LogP contribution in [-0.4, -0.2) is 14.7 Å². The highest BCUT2D eigenvalue weighted by atomic mass is 35.5. The molecule has 0 aliphatic carbocycles. The summed E-state index contributed by atoms with van der Waals surface area (Å²) in [5.74, 6) is 0. The van der Waals surface area contributed by atoms with E-state index in [2.05, 4.69) is 5.10 Å². The number of benzene rings is 1. The Balaban J connectivity index is 2.45. The molecule has 2 N–H and O–H groups in total. The van der Waals surface area contributed by atoms with Crippen molar-refractivity contribution in [3.63, 3.8) is 0 Å². The molecule has 0 saturated carbocycles. The van der Waals surface area contributed by atoms with Crippen LogP contribution in [0.25, 0.3) is 5.69 Å². The summed E-state index contributed by atoms with van der Waals surface area (Å²) >= 11 is 5.71. The fourth-order valence-electron chi connectivity index (χ4n) is 1.29. The monoisotopic (exact) mass is 238 g/mol. The average molecular weight is 239 g/mol. The largest absolute Gasteiger partial charge is 0.393 e. The van der Waals surface area contributed by atoms with E-state index in [0.717, 1.165) is 0 Å². The van der Waals surface area contributed by atoms with Gasteiger partial charge in [0, 0.05) is 12.3 Å². The van der Waals surface area contributed by atoms with Gasteiger partial charge in [0.15, 0.2) is 0 Å². The average Bonchev–Trinajstić information content (AvgIpc) is 2.64. The standard InChI is InChI=1S/C9H7ClN4O2/c10-6-4-12-13(5-6)7-1-2-9(14(15)16)8(11)3-7/h1-5H,11H2. The van der Waals surface area contributed by atoms with Crippen molar-refractivity contribution in [2.75, 3.05) is 5.73 Å². The van der Waals surface area contributed by atoms with Crippen LogP contribution in [0.2, 0.25) is 5.02 Å². The molecule has 2 aromatic rings. The molecule has 16 heavy (non-hydrogen) atoms. The number of nitrogen functional groups attached to an aromatic ring is 1. The molecule has 0 aliphatic heterocycles. The molecular weight excluding hydrogens is 232 g/mol. The van der Waals surface area contributed by atoms with Crippen molar-refractivity contribution in [2.45, 2.75) is 0 Å². The first-order valence-corrected chi connectivity index (χ1v) is 4.70. The minimum absolute atomic E-state index is 0.0918. The van der Waals surface area contributed by atoms with Gasteiger partial charge in [-0.15, -0.1) is 0 Å². The molecule has 0 aliphatic rings. The van der Waals surface area contributed by atoms with Gasteiger partial charge in [-0.1, -0.05) is 11.6 Å². The Morgan fingerprint density at radius 2 is 2.25 bits per heavy atom. The predicted octanol–water partition coefficient (Wildman–Crippen LogP) is 2.02. The number of hydrogen-bond donors (Lipinski definition) is 1. The van der Waals surface area contributed by atoms with Crippen molar-refractivity contribution >= 4 is 23.0 Å². The number of anilines is 1. The van der Waals surface area contributed by atoms with Gasteiger partial charge in [-0.05, 0) is 12.1 Å². The van der Waals surface area contributed by atoms with Gasteiger partial charge in [-0.25, -0.2) is 4.68 Å². The molecule has 0 spiro atoms. The molecule has 2 rings (SSSR count). The second-order valence-electron chi connectivity index (χ2n) is 3.10. The van der Waals surface area contributed by atoms with Crippen molar-refractivity contribution < 1.29 is 4.92 Å². The van der Waals surface area contributed by atoms with Crippen LogP contribution in [-0.2, 0) is 0 Å². The summed E-state index contributed by atoms with van der Waals surface area (Å²) in [5, 5.41) is 15.0. The second kappa shape index (κ2) is 3.82. The SMILES string of the molecule is Nc1cc(-n2cc(Cl)cn2)ccc1[N+](=O)[O-]. The Labute approximate surface area is 95.4 Å². The van der Waals surface area contributed by atoms with Gasteiger partial charge in [0.25, 0.3) is 5.69 Å². The highest BCUT2D eigenvalue weighted by molar-refractivity contribution is 6.30. The zero-order valence-corrected chi connectivity index (χ0v) is 8.76. The van der Waals surface area contributed by atoms with E-state index >= 15 is 0 Å². The number of aromatic nitrogens is 2. The zero-order chi connectivity index (χ0) is 11.7. The molecule has 6 nitrogen and oxygen atoms in total. The van der Waals surface area contributed by atoms with Crippen LogP contribution < -0.4 is 5.73 Å². The molecule has 0 saturated heterocycles. The molecule has 7 heteroatoms. The first kappa shape index (κ1) is 10.4. The van der Waals surface area contributed by atoms with E-state index in [1.807, 2.05) is 0 Å². The number of nitro groups is 1. The number of halogens is 1. The van der Waals surface area contributed by atoms with Gasteiger partial charge in [0.2, 0.25) is 0 Å². The van der Waals surface area contributed by atoms with Gasteiger partial charge in [0.05, 0.1) is 21.8 Å². The van der Waals surface area contributed by atoms with Crippen LogP contribution in [0.5, 0.6) is 0 Å². The van der Waals surface area contributed by atoms with Crippen molar-refractivity contribution in [1.29, 1.82) is 0 Å². The van der Waals surface area contributed by atoms with E-state index in [0.29, 0.717) is 10.7 Å². The molecule has 0 bridgehead atoms. The second-order valence-corrected chi connectivity index (χ2v) is 3.54. The lowest BCUT2D eigenvalue weighted by atomic mass is 10.2. The molecule has 0 amide bonds. The fraction of sp³-hybridized carbons (Fsp3) is 0. The highest BCUT2D eigenvalue weighted by Crippen LogP contribution is 2.24. The molecule has 0 unspecified atom stereocenters. The highest BCUT2D eigenvalue weighted by Gasteiger charge is 2.11. The summed E-state index contributed by atoms with van der Waals surface area (Å²) in [7, 11) is 0. The van der Waals surface area contributed by atoms with Gasteiger partial charge in [-0.2, -0.15) is 5.10 Å². The Morgan fingerprint density at radius 3 is 2.75 bits per heavy atom. The van der Waals surface area contributed by atoms with Gasteiger partial charge >= 0.3 is 0 Å². The molecule has 0 atom stereocenters. The van der Waals surface area contributed by atoms with Gasteiger partial charge in [0.1, 0.15) is 5.69 Å². The summed E-state index contributed by atoms with van der Waals surface area (Å²) in [5.41, 5.74) is 6.14. The van der Waals surface area contributed by atoms with E-state index in [1.54, 1.807) is 12.3 Å². The first-order chi connectivity index (χ1) is 7.58. The van der Waals surface area contributed by atoms with E-state index in [9.17, 15) is 10.1 Å². The number of rotatable bonds is 2. The van der Waals surface area contributed by atoms with Crippen molar-refractivity contribution in [3.05, 3.63) is 45.7 Å². The lowest BCUT2D eigenvalue weighted by Gasteiger charge is -2.02. The van der Waals surface area contributed by atoms with Gasteiger partial charge < -0.3 is 5.73 Å². The summed E-state index contributed by atoms with van der Waals surface area (Å²) < 4.78 is 1.49. The van der Waals surface area contributed by atoms with Crippen LogP contribution in [0.4, 0.5) is 11.4 Å². The number of nitro benzene ring substituents is 1. The molecule has 82 valence electrons. The lowest BCUT2D eigenvalue weighted by Crippen LogP contribution is -1.99. The van der Waals surface area contributed by atoms with E-state index in [-0.39, 0.29) is 11.4 Å². The predicted molar refractivity (Wildman–Crippen MR) is 59.6 cm³/mol. The summed E-state index contributed by atoms with van der Waals surface area (Å²) in [6, 6.07) is 4.36. The zero-order valence-electron chi connectivity index (χ0n) is 8.00. The molecular formula is C9H7ClN4O2. The van der Waals surface area contributed by atoms with E-state index in [4.69, 9.17) is 17.3 Å². The summed E-state index contributed by atoms with van der Waals surface area (Å²) in [6.45, 7) is 0. The molecule has 1 aromatic heterocycles. The van der Waals surface area contributed by atoms with Crippen LogP contribution >= 0.6 is 11.6 Å². The number of hydrogen-bond acceptors (Lipinski definition) is 4. The summed E-state index contributed by atoms with van der Waals surface area (Å²) in [4.78, 5) is 10.0. The number of nitrogens with zero attached hydrogens (tertiary/aromatic N) is 3. The van der Waals surface area contributed by atoms with Gasteiger partial charge in [-0.3, -0.25) is 10.1 Å². The quantitative estimate of drug-likeness (QED) is 0.493. The van der Waals surface area contributed by atoms with Crippen LogP contribution in [0.15, 0.2) is 30.6 Å². The minimum atomic E-state index is -0.533. The third-order valence-electron chi connectivity index (χ3n) is 2.02. The summed E-state index contributed by atoms with van der Waals surface area (Å²) in [6.07, 6.45) is 3.06. The van der Waals surface area contributed by atoms with Crippen LogP contribution in [0.1, 0.15) is 0 Å². The molecule has 1 aromatic carbocycles. The van der Waals surface area contributed by atoms with E-state index < -0.39 is 4.92 Å². The smallest absolute Gasteiger partial charge is 0.292 e. The van der Waals surface area contributed by atoms with Crippen LogP contribution in [0.3, 0.4) is 0 Å². The Bertz CT molecular complexity index is 552.